The van der Waals surface area contributed by atoms with Crippen LogP contribution in [-0.2, 0) is 0 Å². The van der Waals surface area contributed by atoms with Crippen molar-refractivity contribution in [3.05, 3.63) is 47.2 Å². The van der Waals surface area contributed by atoms with Crippen molar-refractivity contribution in [2.45, 2.75) is 0 Å². The zero-order valence-corrected chi connectivity index (χ0v) is 15.4. The Balaban J connectivity index is 0.00000243. The molecule has 26 heavy (non-hydrogen) atoms. The minimum absolute atomic E-state index is 0. The first-order valence-corrected chi connectivity index (χ1v) is 7.58. The second-order valence-corrected chi connectivity index (χ2v) is 5.47. The van der Waals surface area contributed by atoms with E-state index in [9.17, 15) is 9.90 Å². The second kappa shape index (κ2) is 8.07. The molecule has 0 saturated carbocycles. The lowest BCUT2D eigenvalue weighted by molar-refractivity contribution is 0.102. The van der Waals surface area contributed by atoms with Gasteiger partial charge in [-0.1, -0.05) is 11.6 Å². The molecule has 136 valence electrons. The third kappa shape index (κ3) is 3.74. The van der Waals surface area contributed by atoms with Gasteiger partial charge in [-0.25, -0.2) is 9.97 Å². The zero-order chi connectivity index (χ0) is 18.0. The van der Waals surface area contributed by atoms with Gasteiger partial charge in [-0.3, -0.25) is 4.79 Å². The summed E-state index contributed by atoms with van der Waals surface area (Å²) in [7, 11) is 3.04. The van der Waals surface area contributed by atoms with Crippen molar-refractivity contribution in [2.24, 2.45) is 0 Å². The number of aromatic nitrogens is 2. The highest BCUT2D eigenvalue weighted by Crippen LogP contribution is 2.33. The van der Waals surface area contributed by atoms with Crippen LogP contribution in [0.2, 0.25) is 5.02 Å². The second-order valence-electron chi connectivity index (χ2n) is 5.07. The van der Waals surface area contributed by atoms with Crippen LogP contribution in [-0.4, -0.2) is 35.2 Å². The number of ether oxygens (including phenoxy) is 2. The van der Waals surface area contributed by atoms with Crippen LogP contribution in [0, 0.1) is 0 Å². The maximum atomic E-state index is 12.4. The topological polar surface area (TPSA) is 93.6 Å². The van der Waals surface area contributed by atoms with E-state index < -0.39 is 5.91 Å². The summed E-state index contributed by atoms with van der Waals surface area (Å²) in [6, 6.07) is 7.61. The first-order valence-electron chi connectivity index (χ1n) is 7.20. The lowest BCUT2D eigenvalue weighted by Crippen LogP contribution is -2.13. The molecule has 0 atom stereocenters. The van der Waals surface area contributed by atoms with Crippen LogP contribution in [0.3, 0.4) is 0 Å². The monoisotopic (exact) mass is 395 g/mol. The number of nitrogens with zero attached hydrogens (tertiary/aromatic N) is 2. The Hall–Kier alpha value is -2.77. The van der Waals surface area contributed by atoms with E-state index >= 15 is 0 Å². The molecule has 0 bridgehead atoms. The Kier molecular flexibility index (Phi) is 6.07. The minimum Gasteiger partial charge on any atom is -0.506 e. The van der Waals surface area contributed by atoms with Crippen molar-refractivity contribution in [2.75, 3.05) is 19.5 Å². The number of hydrogen-bond acceptors (Lipinski definition) is 6. The summed E-state index contributed by atoms with van der Waals surface area (Å²) in [5.74, 6) is 0.707. The summed E-state index contributed by atoms with van der Waals surface area (Å²) in [5.41, 5.74) is 0.830. The molecular weight excluding hydrogens is 381 g/mol. The first kappa shape index (κ1) is 19.6. The van der Waals surface area contributed by atoms with Crippen molar-refractivity contribution in [1.82, 2.24) is 9.97 Å². The maximum absolute atomic E-state index is 12.4. The molecule has 0 saturated heterocycles. The minimum atomic E-state index is -0.443. The Labute approximate surface area is 160 Å². The number of halogens is 2. The average Bonchev–Trinajstić information content (AvgIpc) is 2.63. The Bertz CT molecular complexity index is 966. The number of carbonyl (C=O) groups excluding carboxylic acids is 1. The highest BCUT2D eigenvalue weighted by atomic mass is 35.5. The van der Waals surface area contributed by atoms with Gasteiger partial charge in [-0.2, -0.15) is 0 Å². The molecule has 2 aromatic carbocycles. The van der Waals surface area contributed by atoms with E-state index in [0.717, 1.165) is 0 Å². The summed E-state index contributed by atoms with van der Waals surface area (Å²) in [5, 5.41) is 13.1. The van der Waals surface area contributed by atoms with E-state index in [4.69, 9.17) is 21.1 Å². The van der Waals surface area contributed by atoms with Crippen LogP contribution in [0.1, 0.15) is 10.4 Å². The van der Waals surface area contributed by atoms with E-state index in [-0.39, 0.29) is 28.7 Å². The van der Waals surface area contributed by atoms with E-state index in [1.807, 2.05) is 0 Å². The molecule has 0 spiro atoms. The highest BCUT2D eigenvalue weighted by molar-refractivity contribution is 6.32. The summed E-state index contributed by atoms with van der Waals surface area (Å²) in [4.78, 5) is 20.7. The molecule has 0 radical (unpaired) electrons. The van der Waals surface area contributed by atoms with Gasteiger partial charge in [0.2, 0.25) is 0 Å². The summed E-state index contributed by atoms with van der Waals surface area (Å²) >= 11 is 5.76. The highest BCUT2D eigenvalue weighted by Gasteiger charge is 2.14. The van der Waals surface area contributed by atoms with E-state index in [1.54, 1.807) is 12.1 Å². The standard InChI is InChI=1S/C17H14ClN3O4.ClH/c1-24-14-6-10-12(7-15(14)25-2)19-8-20-16(10)21-17(23)9-3-4-11(18)13(22)5-9;/h3-8,22H,1-2H3,(H,19,20,21,23);1H. The van der Waals surface area contributed by atoms with Crippen molar-refractivity contribution < 1.29 is 19.4 Å². The molecule has 9 heteroatoms. The number of hydrogen-bond donors (Lipinski definition) is 2. The molecule has 3 aromatic rings. The number of nitrogens with one attached hydrogen (secondary N) is 1. The van der Waals surface area contributed by atoms with E-state index in [2.05, 4.69) is 15.3 Å². The predicted octanol–water partition coefficient (Wildman–Crippen LogP) is 3.68. The van der Waals surface area contributed by atoms with Gasteiger partial charge < -0.3 is 19.9 Å². The van der Waals surface area contributed by atoms with Gasteiger partial charge >= 0.3 is 0 Å². The van der Waals surface area contributed by atoms with Gasteiger partial charge in [0.1, 0.15) is 17.9 Å². The number of rotatable bonds is 4. The average molecular weight is 396 g/mol. The zero-order valence-electron chi connectivity index (χ0n) is 13.8. The van der Waals surface area contributed by atoms with Gasteiger partial charge in [-0.05, 0) is 24.3 Å². The Morgan fingerprint density at radius 2 is 1.81 bits per heavy atom. The Morgan fingerprint density at radius 3 is 2.46 bits per heavy atom. The molecule has 1 amide bonds. The molecule has 0 aliphatic rings. The van der Waals surface area contributed by atoms with Gasteiger partial charge in [0.05, 0.1) is 24.8 Å². The number of benzene rings is 2. The number of anilines is 1. The molecule has 2 N–H and O–H groups in total. The number of phenolic OH excluding ortho intramolecular Hbond substituents is 1. The molecular formula is C17H15Cl2N3O4. The molecule has 1 heterocycles. The number of phenols is 1. The largest absolute Gasteiger partial charge is 0.506 e. The van der Waals surface area contributed by atoms with Gasteiger partial charge in [0.15, 0.2) is 11.5 Å². The molecule has 0 aliphatic heterocycles. The smallest absolute Gasteiger partial charge is 0.256 e. The molecule has 0 fully saturated rings. The van der Waals surface area contributed by atoms with Crippen LogP contribution in [0.5, 0.6) is 17.2 Å². The predicted molar refractivity (Wildman–Crippen MR) is 101 cm³/mol. The summed E-state index contributed by atoms with van der Waals surface area (Å²) < 4.78 is 10.5. The van der Waals surface area contributed by atoms with Gasteiger partial charge in [0, 0.05) is 17.0 Å². The van der Waals surface area contributed by atoms with Crippen molar-refractivity contribution in [1.29, 1.82) is 0 Å². The van der Waals surface area contributed by atoms with E-state index in [0.29, 0.717) is 28.2 Å². The molecule has 0 aliphatic carbocycles. The number of carbonyl (C=O) groups is 1. The van der Waals surface area contributed by atoms with Gasteiger partial charge in [0.25, 0.3) is 5.91 Å². The van der Waals surface area contributed by atoms with Crippen LogP contribution in [0.4, 0.5) is 5.82 Å². The van der Waals surface area contributed by atoms with E-state index in [1.165, 1.54) is 38.7 Å². The normalized spacial score (nSPS) is 10.1. The van der Waals surface area contributed by atoms with Crippen molar-refractivity contribution in [3.63, 3.8) is 0 Å². The summed E-state index contributed by atoms with van der Waals surface area (Å²) in [6.45, 7) is 0. The molecule has 3 rings (SSSR count). The fourth-order valence-corrected chi connectivity index (χ4v) is 2.43. The van der Waals surface area contributed by atoms with Crippen molar-refractivity contribution >= 4 is 46.6 Å². The van der Waals surface area contributed by atoms with Crippen LogP contribution >= 0.6 is 24.0 Å². The number of amides is 1. The van der Waals surface area contributed by atoms with Gasteiger partial charge in [-0.15, -0.1) is 12.4 Å². The lowest BCUT2D eigenvalue weighted by Gasteiger charge is -2.11. The SMILES string of the molecule is COc1cc2ncnc(NC(=O)c3ccc(Cl)c(O)c3)c2cc1OC.Cl. The Morgan fingerprint density at radius 1 is 1.12 bits per heavy atom. The van der Waals surface area contributed by atoms with Crippen LogP contribution in [0.25, 0.3) is 10.9 Å². The molecule has 1 aromatic heterocycles. The van der Waals surface area contributed by atoms with Crippen LogP contribution < -0.4 is 14.8 Å². The number of fused-ring (bicyclic) bond motifs is 1. The maximum Gasteiger partial charge on any atom is 0.256 e. The fourth-order valence-electron chi connectivity index (χ4n) is 2.32. The fraction of sp³-hybridized carbons (Fsp3) is 0.118. The quantitative estimate of drug-likeness (QED) is 0.699. The summed E-state index contributed by atoms with van der Waals surface area (Å²) in [6.07, 6.45) is 1.34. The lowest BCUT2D eigenvalue weighted by atomic mass is 10.1. The van der Waals surface area contributed by atoms with Crippen LogP contribution in [0.15, 0.2) is 36.7 Å². The molecule has 7 nitrogen and oxygen atoms in total. The first-order chi connectivity index (χ1) is 12.0. The molecule has 0 unspecified atom stereocenters. The third-order valence-electron chi connectivity index (χ3n) is 3.58. The number of methoxy groups -OCH3 is 2. The number of aromatic hydroxyl groups is 1. The third-order valence-corrected chi connectivity index (χ3v) is 3.90. The van der Waals surface area contributed by atoms with Crippen molar-refractivity contribution in [3.8, 4) is 17.2 Å².